The standard InChI is InChI=1S/C21H26N6O2/c1-15(2)29-20-18-10-17(4-5-19(18)23-13-24-20)27-8-6-26(7-9-27)12-16-11-22-14-25(3)21(16)28/h4-5,10-11,13-15H,6-9,12H2,1-3H3. The summed E-state index contributed by atoms with van der Waals surface area (Å²) in [6.45, 7) is 8.17. The van der Waals surface area contributed by atoms with Crippen LogP contribution in [-0.2, 0) is 13.6 Å². The highest BCUT2D eigenvalue weighted by atomic mass is 16.5. The third-order valence-electron chi connectivity index (χ3n) is 5.13. The van der Waals surface area contributed by atoms with E-state index in [-0.39, 0.29) is 11.7 Å². The zero-order chi connectivity index (χ0) is 20.4. The van der Waals surface area contributed by atoms with Gasteiger partial charge in [0.15, 0.2) is 0 Å². The van der Waals surface area contributed by atoms with Gasteiger partial charge in [-0.25, -0.2) is 15.0 Å². The molecule has 1 saturated heterocycles. The van der Waals surface area contributed by atoms with E-state index in [1.807, 2.05) is 19.9 Å². The van der Waals surface area contributed by atoms with Crippen LogP contribution in [0.2, 0.25) is 0 Å². The van der Waals surface area contributed by atoms with Gasteiger partial charge in [-0.2, -0.15) is 0 Å². The number of rotatable bonds is 5. The minimum absolute atomic E-state index is 0.0228. The highest BCUT2D eigenvalue weighted by molar-refractivity contribution is 5.86. The topological polar surface area (TPSA) is 76.4 Å². The van der Waals surface area contributed by atoms with Gasteiger partial charge in [0.1, 0.15) is 6.33 Å². The molecule has 0 aliphatic carbocycles. The molecule has 0 radical (unpaired) electrons. The number of aromatic nitrogens is 4. The highest BCUT2D eigenvalue weighted by Crippen LogP contribution is 2.28. The first-order valence-electron chi connectivity index (χ1n) is 9.89. The monoisotopic (exact) mass is 394 g/mol. The summed E-state index contributed by atoms with van der Waals surface area (Å²) in [6.07, 6.45) is 4.82. The largest absolute Gasteiger partial charge is 0.474 e. The van der Waals surface area contributed by atoms with E-state index >= 15 is 0 Å². The molecule has 8 heteroatoms. The molecule has 1 fully saturated rings. The van der Waals surface area contributed by atoms with E-state index < -0.39 is 0 Å². The molecule has 0 bridgehead atoms. The van der Waals surface area contributed by atoms with Crippen LogP contribution in [0.4, 0.5) is 5.69 Å². The Balaban J connectivity index is 1.47. The number of hydrogen-bond donors (Lipinski definition) is 0. The molecular formula is C21H26N6O2. The lowest BCUT2D eigenvalue weighted by Gasteiger charge is -2.36. The lowest BCUT2D eigenvalue weighted by atomic mass is 10.1. The summed E-state index contributed by atoms with van der Waals surface area (Å²) in [6, 6.07) is 6.23. The van der Waals surface area contributed by atoms with Crippen molar-refractivity contribution in [3.05, 3.63) is 53.0 Å². The molecule has 1 aliphatic heterocycles. The summed E-state index contributed by atoms with van der Waals surface area (Å²) in [7, 11) is 1.73. The molecule has 3 aromatic rings. The maximum absolute atomic E-state index is 12.2. The fraction of sp³-hybridized carbons (Fsp3) is 0.429. The van der Waals surface area contributed by atoms with E-state index in [2.05, 4.69) is 36.9 Å². The molecular weight excluding hydrogens is 368 g/mol. The Labute approximate surface area is 169 Å². The van der Waals surface area contributed by atoms with Crippen LogP contribution in [0.5, 0.6) is 5.88 Å². The van der Waals surface area contributed by atoms with Gasteiger partial charge in [-0.15, -0.1) is 0 Å². The fourth-order valence-corrected chi connectivity index (χ4v) is 3.61. The molecule has 1 aromatic carbocycles. The zero-order valence-electron chi connectivity index (χ0n) is 17.1. The Bertz CT molecular complexity index is 1060. The van der Waals surface area contributed by atoms with Crippen molar-refractivity contribution in [2.45, 2.75) is 26.5 Å². The second-order valence-corrected chi connectivity index (χ2v) is 7.65. The SMILES string of the molecule is CC(C)Oc1ncnc2ccc(N3CCN(Cc4cncn(C)c4=O)CC3)cc12. The van der Waals surface area contributed by atoms with Gasteiger partial charge in [-0.3, -0.25) is 9.69 Å². The van der Waals surface area contributed by atoms with Crippen LogP contribution < -0.4 is 15.2 Å². The Morgan fingerprint density at radius 2 is 1.93 bits per heavy atom. The van der Waals surface area contributed by atoms with E-state index in [9.17, 15) is 4.79 Å². The normalized spacial score (nSPS) is 15.2. The maximum Gasteiger partial charge on any atom is 0.257 e. The number of aryl methyl sites for hydroxylation is 1. The molecule has 0 atom stereocenters. The van der Waals surface area contributed by atoms with Crippen LogP contribution in [0.15, 0.2) is 41.8 Å². The smallest absolute Gasteiger partial charge is 0.257 e. The molecule has 152 valence electrons. The summed E-state index contributed by atoms with van der Waals surface area (Å²) in [5.74, 6) is 0.623. The van der Waals surface area contributed by atoms with Crippen molar-refractivity contribution < 1.29 is 4.74 Å². The summed E-state index contributed by atoms with van der Waals surface area (Å²) in [5.41, 5.74) is 2.78. The molecule has 29 heavy (non-hydrogen) atoms. The Kier molecular flexibility index (Phi) is 5.44. The van der Waals surface area contributed by atoms with Crippen LogP contribution in [0.3, 0.4) is 0 Å². The van der Waals surface area contributed by atoms with Crippen LogP contribution in [0, 0.1) is 0 Å². The first kappa shape index (κ1) is 19.3. The molecule has 2 aromatic heterocycles. The van der Waals surface area contributed by atoms with Gasteiger partial charge in [0.05, 0.1) is 23.3 Å². The summed E-state index contributed by atoms with van der Waals surface area (Å²) >= 11 is 0. The summed E-state index contributed by atoms with van der Waals surface area (Å²) in [4.78, 5) is 29.7. The van der Waals surface area contributed by atoms with E-state index in [0.29, 0.717) is 12.4 Å². The second kappa shape index (κ2) is 8.16. The second-order valence-electron chi connectivity index (χ2n) is 7.65. The number of ether oxygens (including phenoxy) is 1. The number of anilines is 1. The lowest BCUT2D eigenvalue weighted by molar-refractivity contribution is 0.235. The van der Waals surface area contributed by atoms with E-state index in [0.717, 1.165) is 48.3 Å². The van der Waals surface area contributed by atoms with E-state index in [1.165, 1.54) is 4.57 Å². The average Bonchev–Trinajstić information content (AvgIpc) is 2.72. The highest BCUT2D eigenvalue weighted by Gasteiger charge is 2.19. The van der Waals surface area contributed by atoms with Gasteiger partial charge >= 0.3 is 0 Å². The van der Waals surface area contributed by atoms with Crippen molar-refractivity contribution in [1.82, 2.24) is 24.4 Å². The molecule has 0 saturated carbocycles. The van der Waals surface area contributed by atoms with Gasteiger partial charge in [0, 0.05) is 57.2 Å². The Morgan fingerprint density at radius 1 is 1.14 bits per heavy atom. The van der Waals surface area contributed by atoms with Crippen molar-refractivity contribution in [1.29, 1.82) is 0 Å². The van der Waals surface area contributed by atoms with Gasteiger partial charge < -0.3 is 14.2 Å². The summed E-state index contributed by atoms with van der Waals surface area (Å²) < 4.78 is 7.39. The van der Waals surface area contributed by atoms with Gasteiger partial charge in [0.2, 0.25) is 5.88 Å². The predicted molar refractivity (Wildman–Crippen MR) is 112 cm³/mol. The van der Waals surface area contributed by atoms with Gasteiger partial charge in [0.25, 0.3) is 5.56 Å². The molecule has 8 nitrogen and oxygen atoms in total. The minimum Gasteiger partial charge on any atom is -0.474 e. The number of benzene rings is 1. The van der Waals surface area contributed by atoms with Crippen LogP contribution in [-0.4, -0.2) is 56.7 Å². The molecule has 3 heterocycles. The first-order chi connectivity index (χ1) is 14.0. The minimum atomic E-state index is 0.0228. The molecule has 0 N–H and O–H groups in total. The first-order valence-corrected chi connectivity index (χ1v) is 9.89. The fourth-order valence-electron chi connectivity index (χ4n) is 3.61. The van der Waals surface area contributed by atoms with Crippen molar-refractivity contribution >= 4 is 16.6 Å². The van der Waals surface area contributed by atoms with Crippen molar-refractivity contribution in [2.24, 2.45) is 7.05 Å². The molecule has 0 spiro atoms. The average molecular weight is 394 g/mol. The molecule has 4 rings (SSSR count). The van der Waals surface area contributed by atoms with Crippen molar-refractivity contribution in [2.75, 3.05) is 31.1 Å². The summed E-state index contributed by atoms with van der Waals surface area (Å²) in [5, 5.41) is 0.931. The van der Waals surface area contributed by atoms with Crippen LogP contribution in [0.1, 0.15) is 19.4 Å². The van der Waals surface area contributed by atoms with Gasteiger partial charge in [-0.1, -0.05) is 0 Å². The molecule has 1 aliphatic rings. The number of fused-ring (bicyclic) bond motifs is 1. The molecule has 0 amide bonds. The third-order valence-corrected chi connectivity index (χ3v) is 5.13. The van der Waals surface area contributed by atoms with E-state index in [1.54, 1.807) is 25.9 Å². The van der Waals surface area contributed by atoms with Gasteiger partial charge in [-0.05, 0) is 32.0 Å². The molecule has 0 unspecified atom stereocenters. The lowest BCUT2D eigenvalue weighted by Crippen LogP contribution is -2.46. The Hall–Kier alpha value is -3.00. The van der Waals surface area contributed by atoms with Crippen molar-refractivity contribution in [3.8, 4) is 5.88 Å². The zero-order valence-corrected chi connectivity index (χ0v) is 17.1. The number of hydrogen-bond acceptors (Lipinski definition) is 7. The van der Waals surface area contributed by atoms with E-state index in [4.69, 9.17) is 4.74 Å². The quantitative estimate of drug-likeness (QED) is 0.653. The maximum atomic E-state index is 12.2. The number of nitrogens with zero attached hydrogens (tertiary/aromatic N) is 6. The van der Waals surface area contributed by atoms with Crippen LogP contribution >= 0.6 is 0 Å². The third kappa shape index (κ3) is 4.22. The predicted octanol–water partition coefficient (Wildman–Crippen LogP) is 1.83. The van der Waals surface area contributed by atoms with Crippen molar-refractivity contribution in [3.63, 3.8) is 0 Å². The Morgan fingerprint density at radius 3 is 2.69 bits per heavy atom. The number of piperazine rings is 1. The van der Waals surface area contributed by atoms with Crippen LogP contribution in [0.25, 0.3) is 10.9 Å².